The zero-order valence-corrected chi connectivity index (χ0v) is 11.9. The summed E-state index contributed by atoms with van der Waals surface area (Å²) in [6.45, 7) is 6.86. The summed E-state index contributed by atoms with van der Waals surface area (Å²) in [6, 6.07) is 13.1. The van der Waals surface area contributed by atoms with Gasteiger partial charge in [-0.1, -0.05) is 69.3 Å². The van der Waals surface area contributed by atoms with Crippen LogP contribution in [0.15, 0.2) is 48.6 Å². The quantitative estimate of drug-likeness (QED) is 0.621. The van der Waals surface area contributed by atoms with Crippen molar-refractivity contribution in [1.29, 1.82) is 0 Å². The first-order valence-corrected chi connectivity index (χ1v) is 7.00. The van der Waals surface area contributed by atoms with E-state index >= 15 is 0 Å². The Hall–Kier alpha value is -1.82. The molecule has 0 N–H and O–H groups in total. The Morgan fingerprint density at radius 1 is 0.842 bits per heavy atom. The Kier molecular flexibility index (Phi) is 2.82. The van der Waals surface area contributed by atoms with Crippen molar-refractivity contribution in [3.05, 3.63) is 59.7 Å². The third-order valence-corrected chi connectivity index (χ3v) is 4.44. The molecule has 0 nitrogen and oxygen atoms in total. The molecule has 0 aromatic heterocycles. The monoisotopic (exact) mass is 248 g/mol. The smallest absolute Gasteiger partial charge is 0.00622 e. The first-order valence-electron chi connectivity index (χ1n) is 7.00. The zero-order chi connectivity index (χ0) is 13.5. The highest BCUT2D eigenvalue weighted by Gasteiger charge is 2.23. The molecule has 0 radical (unpaired) electrons. The van der Waals surface area contributed by atoms with Gasteiger partial charge in [0.25, 0.3) is 0 Å². The molecule has 0 fully saturated rings. The van der Waals surface area contributed by atoms with Gasteiger partial charge in [-0.15, -0.1) is 0 Å². The average Bonchev–Trinajstić information content (AvgIpc) is 2.57. The van der Waals surface area contributed by atoms with Crippen LogP contribution >= 0.6 is 0 Å². The van der Waals surface area contributed by atoms with E-state index < -0.39 is 0 Å². The predicted molar refractivity (Wildman–Crippen MR) is 85.0 cm³/mol. The third-order valence-electron chi connectivity index (χ3n) is 4.44. The van der Waals surface area contributed by atoms with Gasteiger partial charge in [-0.2, -0.15) is 0 Å². The molecule has 1 aliphatic rings. The minimum absolute atomic E-state index is 0.144. The molecule has 0 aliphatic heterocycles. The molecule has 2 aromatic rings. The number of allylic oxidation sites excluding steroid dienone is 2. The van der Waals surface area contributed by atoms with Crippen LogP contribution in [0.3, 0.4) is 0 Å². The topological polar surface area (TPSA) is 0 Å². The van der Waals surface area contributed by atoms with Crippen LogP contribution in [-0.4, -0.2) is 0 Å². The van der Waals surface area contributed by atoms with Crippen LogP contribution in [0.4, 0.5) is 0 Å². The lowest BCUT2D eigenvalue weighted by atomic mass is 9.79. The van der Waals surface area contributed by atoms with E-state index in [0.717, 1.165) is 0 Å². The Morgan fingerprint density at radius 3 is 1.74 bits per heavy atom. The highest BCUT2D eigenvalue weighted by Crippen LogP contribution is 2.35. The van der Waals surface area contributed by atoms with Crippen LogP contribution < -0.4 is 0 Å². The lowest BCUT2D eigenvalue weighted by Crippen LogP contribution is -2.16. The number of fused-ring (bicyclic) bond motifs is 2. The standard InChI is InChI=1S/C19H20/c1-14(2)19(3)10-8-17-12-15-6-4-5-7-16(15)13-18(17)9-11-19/h4-14H,1-3H3. The van der Waals surface area contributed by atoms with E-state index in [0.29, 0.717) is 5.92 Å². The van der Waals surface area contributed by atoms with Crippen LogP contribution in [-0.2, 0) is 0 Å². The van der Waals surface area contributed by atoms with Crippen LogP contribution in [0, 0.1) is 11.3 Å². The minimum Gasteiger partial charge on any atom is -0.0739 e. The number of hydrogen-bond acceptors (Lipinski definition) is 0. The molecule has 0 bridgehead atoms. The first kappa shape index (κ1) is 12.2. The molecule has 3 rings (SSSR count). The van der Waals surface area contributed by atoms with Gasteiger partial charge in [0.05, 0.1) is 0 Å². The molecule has 96 valence electrons. The number of rotatable bonds is 1. The second-order valence-corrected chi connectivity index (χ2v) is 6.02. The SMILES string of the molecule is CC(C)C1(C)C=Cc2cc3ccccc3cc2C=C1. The van der Waals surface area contributed by atoms with Crippen molar-refractivity contribution in [1.82, 2.24) is 0 Å². The highest BCUT2D eigenvalue weighted by molar-refractivity contribution is 5.89. The fourth-order valence-electron chi connectivity index (χ4n) is 2.54. The summed E-state index contributed by atoms with van der Waals surface area (Å²) in [5.41, 5.74) is 2.78. The molecule has 0 spiro atoms. The van der Waals surface area contributed by atoms with Crippen molar-refractivity contribution in [2.45, 2.75) is 20.8 Å². The van der Waals surface area contributed by atoms with Crippen molar-refractivity contribution < 1.29 is 0 Å². The molecular weight excluding hydrogens is 228 g/mol. The summed E-state index contributed by atoms with van der Waals surface area (Å²) in [7, 11) is 0. The van der Waals surface area contributed by atoms with E-state index in [1.54, 1.807) is 0 Å². The van der Waals surface area contributed by atoms with E-state index in [1.807, 2.05) is 0 Å². The van der Waals surface area contributed by atoms with Gasteiger partial charge < -0.3 is 0 Å². The minimum atomic E-state index is 0.144. The molecular formula is C19H20. The molecule has 1 aliphatic carbocycles. The lowest BCUT2D eigenvalue weighted by Gasteiger charge is -2.26. The zero-order valence-electron chi connectivity index (χ0n) is 11.9. The van der Waals surface area contributed by atoms with Gasteiger partial charge in [-0.3, -0.25) is 0 Å². The largest absolute Gasteiger partial charge is 0.0739 e. The van der Waals surface area contributed by atoms with Crippen LogP contribution in [0.25, 0.3) is 22.9 Å². The van der Waals surface area contributed by atoms with Crippen molar-refractivity contribution in [3.8, 4) is 0 Å². The fraction of sp³-hybridized carbons (Fsp3) is 0.263. The summed E-state index contributed by atoms with van der Waals surface area (Å²) in [5, 5.41) is 2.62. The Labute approximate surface area is 115 Å². The van der Waals surface area contributed by atoms with Gasteiger partial charge in [0.1, 0.15) is 0 Å². The van der Waals surface area contributed by atoms with Gasteiger partial charge in [0.2, 0.25) is 0 Å². The summed E-state index contributed by atoms with van der Waals surface area (Å²) in [5.74, 6) is 0.601. The maximum absolute atomic E-state index is 2.34. The molecule has 0 saturated carbocycles. The van der Waals surface area contributed by atoms with Crippen LogP contribution in [0.2, 0.25) is 0 Å². The summed E-state index contributed by atoms with van der Waals surface area (Å²) in [6.07, 6.45) is 9.24. The number of hydrogen-bond donors (Lipinski definition) is 0. The average molecular weight is 248 g/mol. The van der Waals surface area contributed by atoms with Crippen LogP contribution in [0.5, 0.6) is 0 Å². The van der Waals surface area contributed by atoms with E-state index in [2.05, 4.69) is 81.5 Å². The van der Waals surface area contributed by atoms with Gasteiger partial charge >= 0.3 is 0 Å². The van der Waals surface area contributed by atoms with Gasteiger partial charge in [0.15, 0.2) is 0 Å². The molecule has 0 saturated heterocycles. The third kappa shape index (κ3) is 2.12. The summed E-state index contributed by atoms with van der Waals surface area (Å²) >= 11 is 0. The number of benzene rings is 2. The second-order valence-electron chi connectivity index (χ2n) is 6.02. The molecule has 0 heteroatoms. The molecule has 0 atom stereocenters. The lowest BCUT2D eigenvalue weighted by molar-refractivity contribution is 0.387. The summed E-state index contributed by atoms with van der Waals surface area (Å²) in [4.78, 5) is 0. The molecule has 2 aromatic carbocycles. The maximum atomic E-state index is 2.34. The van der Waals surface area contributed by atoms with Gasteiger partial charge in [-0.25, -0.2) is 0 Å². The Bertz CT molecular complexity index is 619. The van der Waals surface area contributed by atoms with Crippen molar-refractivity contribution in [2.24, 2.45) is 11.3 Å². The molecule has 19 heavy (non-hydrogen) atoms. The normalized spacial score (nSPS) is 16.6. The Morgan fingerprint density at radius 2 is 1.32 bits per heavy atom. The van der Waals surface area contributed by atoms with Crippen molar-refractivity contribution in [2.75, 3.05) is 0 Å². The second kappa shape index (κ2) is 4.38. The summed E-state index contributed by atoms with van der Waals surface area (Å²) < 4.78 is 0. The van der Waals surface area contributed by atoms with Crippen molar-refractivity contribution in [3.63, 3.8) is 0 Å². The van der Waals surface area contributed by atoms with Gasteiger partial charge in [0, 0.05) is 5.41 Å². The van der Waals surface area contributed by atoms with E-state index in [1.165, 1.54) is 21.9 Å². The van der Waals surface area contributed by atoms with E-state index in [4.69, 9.17) is 0 Å². The molecule has 0 unspecified atom stereocenters. The Balaban J connectivity index is 2.18. The predicted octanol–water partition coefficient (Wildman–Crippen LogP) is 5.54. The highest BCUT2D eigenvalue weighted by atomic mass is 14.3. The van der Waals surface area contributed by atoms with Crippen LogP contribution in [0.1, 0.15) is 31.9 Å². The molecule has 0 amide bonds. The maximum Gasteiger partial charge on any atom is 0.00622 e. The van der Waals surface area contributed by atoms with Crippen molar-refractivity contribution >= 4 is 22.9 Å². The molecule has 0 heterocycles. The van der Waals surface area contributed by atoms with E-state index in [9.17, 15) is 0 Å². The van der Waals surface area contributed by atoms with E-state index in [-0.39, 0.29) is 5.41 Å². The fourth-order valence-corrected chi connectivity index (χ4v) is 2.54. The van der Waals surface area contributed by atoms with Gasteiger partial charge in [-0.05, 0) is 39.9 Å². The first-order chi connectivity index (χ1) is 9.08.